The smallest absolute Gasteiger partial charge is 0.323 e. The van der Waals surface area contributed by atoms with Crippen molar-refractivity contribution in [1.29, 1.82) is 0 Å². The molecule has 7 nitrogen and oxygen atoms in total. The van der Waals surface area contributed by atoms with Crippen LogP contribution in [-0.2, 0) is 19.1 Å². The Kier molecular flexibility index (Phi) is 5.16. The average molecular weight is 381 g/mol. The molecule has 1 spiro atoms. The van der Waals surface area contributed by atoms with Gasteiger partial charge in [-0.25, -0.2) is 0 Å². The van der Waals surface area contributed by atoms with E-state index in [1.54, 1.807) is 0 Å². The minimum absolute atomic E-state index is 0.0266. The molecule has 3 rings (SSSR count). The zero-order valence-electron chi connectivity index (χ0n) is 16.3. The number of carboxylic acid groups (broad SMARTS) is 1. The molecule has 0 aromatic carbocycles. The molecule has 1 heterocycles. The van der Waals surface area contributed by atoms with Crippen LogP contribution in [0.25, 0.3) is 0 Å². The van der Waals surface area contributed by atoms with E-state index in [1.165, 1.54) is 0 Å². The molecule has 1 saturated heterocycles. The number of aliphatic hydroxyl groups is 1. The molecule has 3 fully saturated rings. The van der Waals surface area contributed by atoms with Crippen LogP contribution in [-0.4, -0.2) is 52.1 Å². The lowest BCUT2D eigenvalue weighted by Crippen LogP contribution is -2.58. The number of carboxylic acids is 1. The molecule has 27 heavy (non-hydrogen) atoms. The monoisotopic (exact) mass is 381 g/mol. The molecule has 0 aromatic heterocycles. The number of hydrogen-bond donors (Lipinski definition) is 3. The number of aliphatic carboxylic acids is 1. The highest BCUT2D eigenvalue weighted by atomic mass is 16.7. The summed E-state index contributed by atoms with van der Waals surface area (Å²) < 4.78 is 11.7. The van der Waals surface area contributed by atoms with E-state index >= 15 is 0 Å². The molecule has 0 bridgehead atoms. The van der Waals surface area contributed by atoms with Gasteiger partial charge in [-0.3, -0.25) is 9.59 Å². The van der Waals surface area contributed by atoms with Gasteiger partial charge in [0, 0.05) is 11.8 Å². The summed E-state index contributed by atoms with van der Waals surface area (Å²) in [7, 11) is 0. The first-order chi connectivity index (χ1) is 12.5. The minimum atomic E-state index is -1.000. The number of allylic oxidation sites excluding steroid dienone is 1. The van der Waals surface area contributed by atoms with E-state index in [9.17, 15) is 14.7 Å². The van der Waals surface area contributed by atoms with Gasteiger partial charge in [0.25, 0.3) is 0 Å². The fourth-order valence-corrected chi connectivity index (χ4v) is 5.41. The second-order valence-electron chi connectivity index (χ2n) is 8.83. The second-order valence-corrected chi connectivity index (χ2v) is 8.83. The highest BCUT2D eigenvalue weighted by Crippen LogP contribution is 2.65. The van der Waals surface area contributed by atoms with Crippen LogP contribution in [0.1, 0.15) is 52.9 Å². The van der Waals surface area contributed by atoms with Crippen molar-refractivity contribution >= 4 is 11.9 Å². The third-order valence-electron chi connectivity index (χ3n) is 7.17. The molecule has 7 heteroatoms. The maximum absolute atomic E-state index is 12.6. The fourth-order valence-electron chi connectivity index (χ4n) is 5.41. The molecular formula is C20H31NO6. The van der Waals surface area contributed by atoms with Crippen molar-refractivity contribution in [2.75, 3.05) is 0 Å². The zero-order chi connectivity index (χ0) is 20.1. The third-order valence-corrected chi connectivity index (χ3v) is 7.17. The summed E-state index contributed by atoms with van der Waals surface area (Å²) in [6, 6.07) is -0.991. The highest BCUT2D eigenvalue weighted by Gasteiger charge is 2.74. The van der Waals surface area contributed by atoms with E-state index < -0.39 is 41.2 Å². The van der Waals surface area contributed by atoms with Gasteiger partial charge in [-0.2, -0.15) is 0 Å². The van der Waals surface area contributed by atoms with Crippen molar-refractivity contribution in [1.82, 2.24) is 0 Å². The first-order valence-corrected chi connectivity index (χ1v) is 9.73. The summed E-state index contributed by atoms with van der Waals surface area (Å²) in [5.74, 6) is -1.24. The van der Waals surface area contributed by atoms with Crippen LogP contribution >= 0.6 is 0 Å². The fraction of sp³-hybridized carbons (Fsp3) is 0.800. The Balaban J connectivity index is 1.87. The molecule has 0 unspecified atom stereocenters. The van der Waals surface area contributed by atoms with Gasteiger partial charge in [0.1, 0.15) is 23.9 Å². The van der Waals surface area contributed by atoms with E-state index in [-0.39, 0.29) is 30.8 Å². The van der Waals surface area contributed by atoms with Crippen molar-refractivity contribution in [3.8, 4) is 0 Å². The number of esters is 1. The zero-order valence-corrected chi connectivity index (χ0v) is 16.3. The van der Waals surface area contributed by atoms with Gasteiger partial charge in [-0.1, -0.05) is 19.1 Å². The lowest BCUT2D eigenvalue weighted by Gasteiger charge is -2.49. The van der Waals surface area contributed by atoms with Gasteiger partial charge in [-0.15, -0.1) is 0 Å². The Morgan fingerprint density at radius 1 is 1.41 bits per heavy atom. The molecule has 152 valence electrons. The number of nitrogens with two attached hydrogens (primary N) is 1. The van der Waals surface area contributed by atoms with E-state index in [4.69, 9.17) is 20.3 Å². The third kappa shape index (κ3) is 3.19. The first-order valence-electron chi connectivity index (χ1n) is 9.73. The first kappa shape index (κ1) is 20.3. The quantitative estimate of drug-likeness (QED) is 0.363. The summed E-state index contributed by atoms with van der Waals surface area (Å²) in [5, 5.41) is 19.6. The Hall–Kier alpha value is -1.44. The lowest BCUT2D eigenvalue weighted by atomic mass is 9.58. The molecule has 2 saturated carbocycles. The molecule has 8 atom stereocenters. The van der Waals surface area contributed by atoms with Gasteiger partial charge in [0.2, 0.25) is 0 Å². The van der Waals surface area contributed by atoms with Crippen LogP contribution < -0.4 is 5.73 Å². The van der Waals surface area contributed by atoms with E-state index in [0.717, 1.165) is 18.4 Å². The normalized spacial score (nSPS) is 43.8. The van der Waals surface area contributed by atoms with Gasteiger partial charge < -0.3 is 25.4 Å². The largest absolute Gasteiger partial charge is 0.481 e. The summed E-state index contributed by atoms with van der Waals surface area (Å²) in [4.78, 5) is 23.4. The molecule has 1 aliphatic heterocycles. The Morgan fingerprint density at radius 2 is 2.07 bits per heavy atom. The molecular weight excluding hydrogens is 350 g/mol. The molecule has 3 aliphatic rings. The Labute approximate surface area is 159 Å². The summed E-state index contributed by atoms with van der Waals surface area (Å²) in [5.41, 5.74) is 5.75. The summed E-state index contributed by atoms with van der Waals surface area (Å²) in [6.45, 7) is 10.1. The van der Waals surface area contributed by atoms with E-state index in [0.29, 0.717) is 6.42 Å². The minimum Gasteiger partial charge on any atom is -0.481 e. The van der Waals surface area contributed by atoms with Gasteiger partial charge in [0.15, 0.2) is 0 Å². The average Bonchev–Trinajstić information content (AvgIpc) is 3.18. The summed E-state index contributed by atoms with van der Waals surface area (Å²) >= 11 is 0. The molecule has 2 aliphatic carbocycles. The number of hydrogen-bond acceptors (Lipinski definition) is 6. The number of ether oxygens (including phenoxy) is 2. The molecule has 4 N–H and O–H groups in total. The SMILES string of the molecule is C=C(C)[C@@H]1CC[C@H](C)[C@]12C[C@H](O)[C@]1(C)O[C@@H]1[C@H]2OC(=O)[C@@H](N)CCC(=O)O. The van der Waals surface area contributed by atoms with Crippen LogP contribution in [0.5, 0.6) is 0 Å². The Bertz CT molecular complexity index is 650. The second kappa shape index (κ2) is 6.87. The summed E-state index contributed by atoms with van der Waals surface area (Å²) in [6.07, 6.45) is 0.708. The number of aliphatic hydroxyl groups excluding tert-OH is 1. The lowest BCUT2D eigenvalue weighted by molar-refractivity contribution is -0.171. The van der Waals surface area contributed by atoms with Crippen molar-refractivity contribution in [2.24, 2.45) is 23.0 Å². The molecule has 0 radical (unpaired) electrons. The standard InChI is InChI=1S/C20H31NO6/c1-10(2)12-6-5-11(3)20(12)9-14(22)19(4)16(27-19)17(20)26-18(25)13(21)7-8-15(23)24/h11-14,16-17,22H,1,5-9,21H2,2-4H3,(H,23,24)/t11-,12-,13-,14-,16+,17+,19-,20+/m0/s1. The number of fused-ring (bicyclic) bond motifs is 1. The predicted octanol–water partition coefficient (Wildman–Crippen LogP) is 1.62. The van der Waals surface area contributed by atoms with Crippen LogP contribution in [0.3, 0.4) is 0 Å². The van der Waals surface area contributed by atoms with Crippen LogP contribution in [0.2, 0.25) is 0 Å². The van der Waals surface area contributed by atoms with Crippen LogP contribution in [0, 0.1) is 17.3 Å². The van der Waals surface area contributed by atoms with Gasteiger partial charge >= 0.3 is 11.9 Å². The van der Waals surface area contributed by atoms with Crippen molar-refractivity contribution in [3.63, 3.8) is 0 Å². The Morgan fingerprint density at radius 3 is 2.67 bits per heavy atom. The van der Waals surface area contributed by atoms with Gasteiger partial charge in [-0.05, 0) is 51.4 Å². The van der Waals surface area contributed by atoms with Gasteiger partial charge in [0.05, 0.1) is 6.10 Å². The van der Waals surface area contributed by atoms with Crippen molar-refractivity contribution in [2.45, 2.75) is 82.8 Å². The maximum Gasteiger partial charge on any atom is 0.323 e. The molecule has 0 aromatic rings. The molecule has 0 amide bonds. The number of carbonyl (C=O) groups is 2. The van der Waals surface area contributed by atoms with Crippen LogP contribution in [0.4, 0.5) is 0 Å². The van der Waals surface area contributed by atoms with Crippen LogP contribution in [0.15, 0.2) is 12.2 Å². The topological polar surface area (TPSA) is 122 Å². The van der Waals surface area contributed by atoms with E-state index in [2.05, 4.69) is 13.5 Å². The van der Waals surface area contributed by atoms with Crippen molar-refractivity contribution < 1.29 is 29.3 Å². The van der Waals surface area contributed by atoms with Crippen molar-refractivity contribution in [3.05, 3.63) is 12.2 Å². The van der Waals surface area contributed by atoms with E-state index in [1.807, 2.05) is 13.8 Å². The maximum atomic E-state index is 12.6. The highest BCUT2D eigenvalue weighted by molar-refractivity contribution is 5.77. The number of rotatable bonds is 6. The number of epoxide rings is 1. The number of carbonyl (C=O) groups excluding carboxylic acids is 1. The predicted molar refractivity (Wildman–Crippen MR) is 97.8 cm³/mol.